The number of hydrazone groups is 1. The van der Waals surface area contributed by atoms with Gasteiger partial charge in [-0.25, -0.2) is 5.01 Å². The van der Waals surface area contributed by atoms with Crippen LogP contribution in [0, 0.1) is 11.8 Å². The molecule has 2 N–H and O–H groups in total. The molecule has 0 saturated carbocycles. The van der Waals surface area contributed by atoms with E-state index in [1.807, 2.05) is 4.90 Å². The van der Waals surface area contributed by atoms with E-state index in [9.17, 15) is 9.59 Å². The van der Waals surface area contributed by atoms with Crippen molar-refractivity contribution in [1.29, 1.82) is 0 Å². The predicted molar refractivity (Wildman–Crippen MR) is 107 cm³/mol. The number of nitrogens with one attached hydrogen (secondary N) is 2. The summed E-state index contributed by atoms with van der Waals surface area (Å²) in [5.74, 6) is 0.899. The Bertz CT molecular complexity index is 750. The molecule has 3 aliphatic rings. The first kappa shape index (κ1) is 19.1. The number of likely N-dealkylation sites (tertiary alicyclic amines) is 1. The lowest BCUT2D eigenvalue weighted by atomic mass is 9.81. The Hall–Kier alpha value is -2.25. The lowest BCUT2D eigenvalue weighted by Gasteiger charge is -2.38. The summed E-state index contributed by atoms with van der Waals surface area (Å²) in [6.45, 7) is 2.47. The van der Waals surface area contributed by atoms with Crippen LogP contribution in [0.4, 0.5) is 0 Å². The Labute approximate surface area is 166 Å². The minimum atomic E-state index is -0.0296. The maximum absolute atomic E-state index is 13.0. The third-order valence-electron chi connectivity index (χ3n) is 6.19. The number of nitrogens with zero attached hydrogens (tertiary/aromatic N) is 3. The lowest BCUT2D eigenvalue weighted by Crippen LogP contribution is -2.51. The molecule has 150 valence electrons. The van der Waals surface area contributed by atoms with Gasteiger partial charge in [0.15, 0.2) is 0 Å². The number of rotatable bonds is 4. The molecule has 0 spiro atoms. The summed E-state index contributed by atoms with van der Waals surface area (Å²) in [4.78, 5) is 26.5. The first-order valence-corrected chi connectivity index (χ1v) is 10.3. The SMILES string of the molecule is CN1N=C(C(=O)N2CCCC(C3NNCC3Cc3ccccc3)C2)CCC1=O. The molecule has 3 aliphatic heterocycles. The second-order valence-electron chi connectivity index (χ2n) is 8.12. The Morgan fingerprint density at radius 3 is 2.86 bits per heavy atom. The fraction of sp³-hybridized carbons (Fsp3) is 0.571. The second kappa shape index (κ2) is 8.41. The van der Waals surface area contributed by atoms with Crippen LogP contribution in [0.3, 0.4) is 0 Å². The molecule has 3 heterocycles. The summed E-state index contributed by atoms with van der Waals surface area (Å²) in [5.41, 5.74) is 8.69. The zero-order valence-electron chi connectivity index (χ0n) is 16.4. The second-order valence-corrected chi connectivity index (χ2v) is 8.12. The highest BCUT2D eigenvalue weighted by Gasteiger charge is 2.37. The third kappa shape index (κ3) is 4.10. The van der Waals surface area contributed by atoms with Crippen molar-refractivity contribution in [2.24, 2.45) is 16.9 Å². The standard InChI is InChI=1S/C21H29N5O2/c1-25-19(27)10-9-18(24-25)21(28)26-11-5-8-16(14-26)20-17(13-22-23-20)12-15-6-3-2-4-7-15/h2-4,6-7,16-17,20,22-23H,5,8-14H2,1H3. The van der Waals surface area contributed by atoms with Crippen LogP contribution in [0.5, 0.6) is 0 Å². The molecule has 0 bridgehead atoms. The zero-order valence-corrected chi connectivity index (χ0v) is 16.4. The van der Waals surface area contributed by atoms with Gasteiger partial charge in [0.2, 0.25) is 5.91 Å². The van der Waals surface area contributed by atoms with E-state index in [0.29, 0.717) is 36.4 Å². The van der Waals surface area contributed by atoms with Gasteiger partial charge in [0, 0.05) is 45.6 Å². The van der Waals surface area contributed by atoms with Crippen molar-refractivity contribution in [2.75, 3.05) is 26.7 Å². The van der Waals surface area contributed by atoms with E-state index in [1.165, 1.54) is 10.6 Å². The molecule has 0 aromatic heterocycles. The van der Waals surface area contributed by atoms with Crippen molar-refractivity contribution in [3.05, 3.63) is 35.9 Å². The molecule has 3 atom stereocenters. The van der Waals surface area contributed by atoms with E-state index in [1.54, 1.807) is 7.05 Å². The molecule has 2 amide bonds. The van der Waals surface area contributed by atoms with Crippen molar-refractivity contribution in [1.82, 2.24) is 20.8 Å². The van der Waals surface area contributed by atoms with Crippen LogP contribution in [0.15, 0.2) is 35.4 Å². The molecular formula is C21H29N5O2. The van der Waals surface area contributed by atoms with Gasteiger partial charge < -0.3 is 4.90 Å². The van der Waals surface area contributed by atoms with Gasteiger partial charge in [0.1, 0.15) is 5.71 Å². The van der Waals surface area contributed by atoms with Gasteiger partial charge >= 0.3 is 0 Å². The van der Waals surface area contributed by atoms with Gasteiger partial charge in [0.05, 0.1) is 0 Å². The van der Waals surface area contributed by atoms with Gasteiger partial charge in [-0.15, -0.1) is 0 Å². The smallest absolute Gasteiger partial charge is 0.270 e. The Morgan fingerprint density at radius 1 is 1.25 bits per heavy atom. The number of benzene rings is 1. The van der Waals surface area contributed by atoms with E-state index in [0.717, 1.165) is 38.9 Å². The minimum Gasteiger partial charge on any atom is -0.337 e. The van der Waals surface area contributed by atoms with Crippen LogP contribution in [0.1, 0.15) is 31.2 Å². The number of hydrogen-bond donors (Lipinski definition) is 2. The fourth-order valence-electron chi connectivity index (χ4n) is 4.67. The van der Waals surface area contributed by atoms with E-state index in [2.05, 4.69) is 46.3 Å². The normalized spacial score (nSPS) is 28.4. The van der Waals surface area contributed by atoms with Crippen molar-refractivity contribution < 1.29 is 9.59 Å². The highest BCUT2D eigenvalue weighted by molar-refractivity contribution is 6.39. The quantitative estimate of drug-likeness (QED) is 0.818. The Morgan fingerprint density at radius 2 is 2.07 bits per heavy atom. The van der Waals surface area contributed by atoms with Crippen LogP contribution in [0.25, 0.3) is 0 Å². The largest absolute Gasteiger partial charge is 0.337 e. The maximum atomic E-state index is 13.0. The van der Waals surface area contributed by atoms with Crippen molar-refractivity contribution in [2.45, 2.75) is 38.1 Å². The summed E-state index contributed by atoms with van der Waals surface area (Å²) < 4.78 is 0. The molecule has 28 heavy (non-hydrogen) atoms. The number of piperidine rings is 1. The van der Waals surface area contributed by atoms with Gasteiger partial charge in [-0.3, -0.25) is 20.4 Å². The van der Waals surface area contributed by atoms with E-state index < -0.39 is 0 Å². The van der Waals surface area contributed by atoms with Gasteiger partial charge in [-0.05, 0) is 36.7 Å². The number of hydrogen-bond acceptors (Lipinski definition) is 5. The molecule has 7 nitrogen and oxygen atoms in total. The predicted octanol–water partition coefficient (Wildman–Crippen LogP) is 1.17. The highest BCUT2D eigenvalue weighted by Crippen LogP contribution is 2.28. The number of amides is 2. The van der Waals surface area contributed by atoms with E-state index in [-0.39, 0.29) is 11.8 Å². The van der Waals surface area contributed by atoms with Crippen molar-refractivity contribution in [3.63, 3.8) is 0 Å². The molecular weight excluding hydrogens is 354 g/mol. The third-order valence-corrected chi connectivity index (χ3v) is 6.19. The van der Waals surface area contributed by atoms with Gasteiger partial charge in [-0.1, -0.05) is 30.3 Å². The summed E-state index contributed by atoms with van der Waals surface area (Å²) in [7, 11) is 1.62. The maximum Gasteiger partial charge on any atom is 0.270 e. The molecule has 7 heteroatoms. The molecule has 4 rings (SSSR count). The van der Waals surface area contributed by atoms with Crippen LogP contribution >= 0.6 is 0 Å². The summed E-state index contributed by atoms with van der Waals surface area (Å²) >= 11 is 0. The molecule has 1 aromatic rings. The number of carbonyl (C=O) groups excluding carboxylic acids is 2. The molecule has 0 aliphatic carbocycles. The van der Waals surface area contributed by atoms with Crippen LogP contribution in [0.2, 0.25) is 0 Å². The lowest BCUT2D eigenvalue weighted by molar-refractivity contribution is -0.131. The van der Waals surface area contributed by atoms with Crippen LogP contribution in [-0.4, -0.2) is 60.2 Å². The minimum absolute atomic E-state index is 0.00499. The van der Waals surface area contributed by atoms with Crippen molar-refractivity contribution >= 4 is 17.5 Å². The first-order chi connectivity index (χ1) is 13.6. The van der Waals surface area contributed by atoms with Crippen LogP contribution < -0.4 is 10.9 Å². The topological polar surface area (TPSA) is 77.0 Å². The van der Waals surface area contributed by atoms with Gasteiger partial charge in [-0.2, -0.15) is 5.10 Å². The van der Waals surface area contributed by atoms with Crippen molar-refractivity contribution in [3.8, 4) is 0 Å². The molecule has 0 radical (unpaired) electrons. The first-order valence-electron chi connectivity index (χ1n) is 10.3. The Kier molecular flexibility index (Phi) is 5.73. The van der Waals surface area contributed by atoms with E-state index >= 15 is 0 Å². The monoisotopic (exact) mass is 383 g/mol. The van der Waals surface area contributed by atoms with Gasteiger partial charge in [0.25, 0.3) is 5.91 Å². The molecule has 3 unspecified atom stereocenters. The molecule has 2 saturated heterocycles. The zero-order chi connectivity index (χ0) is 19.5. The Balaban J connectivity index is 1.41. The number of hydrazine groups is 1. The molecule has 2 fully saturated rings. The summed E-state index contributed by atoms with van der Waals surface area (Å²) in [6, 6.07) is 11.0. The van der Waals surface area contributed by atoms with Crippen LogP contribution in [-0.2, 0) is 16.0 Å². The highest BCUT2D eigenvalue weighted by atomic mass is 16.2. The van der Waals surface area contributed by atoms with E-state index in [4.69, 9.17) is 0 Å². The average molecular weight is 383 g/mol. The summed E-state index contributed by atoms with van der Waals surface area (Å²) in [5, 5.41) is 5.52. The summed E-state index contributed by atoms with van der Waals surface area (Å²) in [6.07, 6.45) is 3.98. The molecule has 1 aromatic carbocycles. The fourth-order valence-corrected chi connectivity index (χ4v) is 4.67. The number of carbonyl (C=O) groups is 2. The average Bonchev–Trinajstić information content (AvgIpc) is 3.18.